The van der Waals surface area contributed by atoms with E-state index in [1.165, 1.54) is 5.56 Å². The van der Waals surface area contributed by atoms with Crippen LogP contribution >= 0.6 is 12.4 Å². The highest BCUT2D eigenvalue weighted by Crippen LogP contribution is 2.22. The lowest BCUT2D eigenvalue weighted by atomic mass is 9.87. The zero-order chi connectivity index (χ0) is 15.3. The second-order valence-corrected chi connectivity index (χ2v) is 6.65. The van der Waals surface area contributed by atoms with Crippen molar-refractivity contribution in [3.05, 3.63) is 35.4 Å². The first kappa shape index (κ1) is 18.9. The lowest BCUT2D eigenvalue weighted by Gasteiger charge is -2.23. The summed E-state index contributed by atoms with van der Waals surface area (Å²) in [5.74, 6) is 0.0675. The molecule has 1 unspecified atom stereocenters. The van der Waals surface area contributed by atoms with Crippen LogP contribution < -0.4 is 10.6 Å². The maximum Gasteiger partial charge on any atom is 0.221 e. The van der Waals surface area contributed by atoms with Gasteiger partial charge in [-0.15, -0.1) is 12.4 Å². The summed E-state index contributed by atoms with van der Waals surface area (Å²) in [6.45, 7) is 9.35. The van der Waals surface area contributed by atoms with Gasteiger partial charge in [0.1, 0.15) is 0 Å². The summed E-state index contributed by atoms with van der Waals surface area (Å²) in [4.78, 5) is 11.9. The van der Waals surface area contributed by atoms with Crippen LogP contribution in [0.25, 0.3) is 0 Å². The second-order valence-electron chi connectivity index (χ2n) is 6.65. The van der Waals surface area contributed by atoms with E-state index in [0.717, 1.165) is 18.7 Å². The van der Waals surface area contributed by atoms with Crippen LogP contribution in [-0.2, 0) is 21.5 Å². The molecule has 2 rings (SSSR count). The number of carbonyl (C=O) groups is 1. The van der Waals surface area contributed by atoms with Gasteiger partial charge in [-0.3, -0.25) is 4.79 Å². The van der Waals surface area contributed by atoms with E-state index >= 15 is 0 Å². The topological polar surface area (TPSA) is 50.4 Å². The van der Waals surface area contributed by atoms with Gasteiger partial charge in [0, 0.05) is 25.6 Å². The number of ether oxygens (including phenoxy) is 1. The molecule has 1 saturated heterocycles. The van der Waals surface area contributed by atoms with Crippen LogP contribution in [0.1, 0.15) is 38.3 Å². The minimum atomic E-state index is 0. The predicted octanol–water partition coefficient (Wildman–Crippen LogP) is 2.40. The molecule has 1 aliphatic heterocycles. The van der Waals surface area contributed by atoms with Crippen LogP contribution in [0, 0.1) is 0 Å². The predicted molar refractivity (Wildman–Crippen MR) is 91.5 cm³/mol. The average Bonchev–Trinajstić information content (AvgIpc) is 2.46. The summed E-state index contributed by atoms with van der Waals surface area (Å²) in [5.41, 5.74) is 2.60. The summed E-state index contributed by atoms with van der Waals surface area (Å²) >= 11 is 0. The lowest BCUT2D eigenvalue weighted by molar-refractivity contribution is -0.122. The molecule has 2 N–H and O–H groups in total. The fraction of sp³-hybridized carbons (Fsp3) is 0.588. The van der Waals surface area contributed by atoms with Gasteiger partial charge >= 0.3 is 0 Å². The van der Waals surface area contributed by atoms with E-state index < -0.39 is 0 Å². The van der Waals surface area contributed by atoms with Crippen LogP contribution in [-0.4, -0.2) is 31.7 Å². The molecule has 0 spiro atoms. The third-order valence-electron chi connectivity index (χ3n) is 3.74. The van der Waals surface area contributed by atoms with Crippen LogP contribution in [0.15, 0.2) is 24.3 Å². The van der Waals surface area contributed by atoms with Gasteiger partial charge in [-0.05, 0) is 16.5 Å². The lowest BCUT2D eigenvalue weighted by Crippen LogP contribution is -2.44. The summed E-state index contributed by atoms with van der Waals surface area (Å²) in [7, 11) is 0. The molecule has 1 amide bonds. The van der Waals surface area contributed by atoms with E-state index in [2.05, 4.69) is 55.7 Å². The monoisotopic (exact) mass is 326 g/mol. The largest absolute Gasteiger partial charge is 0.378 e. The Labute approximate surface area is 139 Å². The minimum absolute atomic E-state index is 0. The quantitative estimate of drug-likeness (QED) is 0.893. The van der Waals surface area contributed by atoms with E-state index in [-0.39, 0.29) is 29.8 Å². The summed E-state index contributed by atoms with van der Waals surface area (Å²) in [5, 5.41) is 6.26. The molecule has 1 aromatic rings. The molecule has 0 saturated carbocycles. The van der Waals surface area contributed by atoms with Crippen molar-refractivity contribution in [1.82, 2.24) is 10.6 Å². The van der Waals surface area contributed by atoms with Gasteiger partial charge in [0.25, 0.3) is 0 Å². The highest BCUT2D eigenvalue weighted by molar-refractivity contribution is 5.85. The van der Waals surface area contributed by atoms with Gasteiger partial charge in [-0.2, -0.15) is 0 Å². The van der Waals surface area contributed by atoms with Gasteiger partial charge in [0.05, 0.1) is 13.2 Å². The average molecular weight is 327 g/mol. The summed E-state index contributed by atoms with van der Waals surface area (Å²) in [6.07, 6.45) is 0.472. The van der Waals surface area contributed by atoms with Crippen molar-refractivity contribution in [2.75, 3.05) is 19.8 Å². The molecule has 0 radical (unpaired) electrons. The Morgan fingerprint density at radius 1 is 1.32 bits per heavy atom. The number of amides is 1. The van der Waals surface area contributed by atoms with Crippen LogP contribution in [0.5, 0.6) is 0 Å². The van der Waals surface area contributed by atoms with Crippen molar-refractivity contribution < 1.29 is 9.53 Å². The van der Waals surface area contributed by atoms with Crippen molar-refractivity contribution >= 4 is 18.3 Å². The van der Waals surface area contributed by atoms with Crippen molar-refractivity contribution in [3.63, 3.8) is 0 Å². The molecule has 5 heteroatoms. The molecule has 1 heterocycles. The molecule has 4 nitrogen and oxygen atoms in total. The molecule has 1 aromatic carbocycles. The molecule has 1 atom stereocenters. The first-order valence-corrected chi connectivity index (χ1v) is 7.62. The molecule has 22 heavy (non-hydrogen) atoms. The normalized spacial score (nSPS) is 18.4. The van der Waals surface area contributed by atoms with Gasteiger partial charge in [0.15, 0.2) is 0 Å². The van der Waals surface area contributed by atoms with Gasteiger partial charge in [-0.1, -0.05) is 45.0 Å². The van der Waals surface area contributed by atoms with Crippen molar-refractivity contribution in [2.24, 2.45) is 0 Å². The number of carbonyl (C=O) groups excluding carboxylic acids is 1. The first-order chi connectivity index (χ1) is 9.95. The number of halogens is 1. The molecule has 0 bridgehead atoms. The number of morpholine rings is 1. The smallest absolute Gasteiger partial charge is 0.221 e. The van der Waals surface area contributed by atoms with Crippen molar-refractivity contribution in [1.29, 1.82) is 0 Å². The van der Waals surface area contributed by atoms with Crippen LogP contribution in [0.4, 0.5) is 0 Å². The highest BCUT2D eigenvalue weighted by Gasteiger charge is 2.17. The highest BCUT2D eigenvalue weighted by atomic mass is 35.5. The van der Waals surface area contributed by atoms with Crippen LogP contribution in [0.2, 0.25) is 0 Å². The SMILES string of the molecule is CC(C)(C)c1ccc(CNC(=O)CC2COCCN2)cc1.Cl. The van der Waals surface area contributed by atoms with Gasteiger partial charge in [0.2, 0.25) is 5.91 Å². The third kappa shape index (κ3) is 5.95. The second kappa shape index (κ2) is 8.51. The summed E-state index contributed by atoms with van der Waals surface area (Å²) < 4.78 is 5.35. The maximum absolute atomic E-state index is 11.9. The Bertz CT molecular complexity index is 463. The first-order valence-electron chi connectivity index (χ1n) is 7.62. The molecular weight excluding hydrogens is 300 g/mol. The Hall–Kier alpha value is -1.10. The van der Waals surface area contributed by atoms with E-state index in [4.69, 9.17) is 4.74 Å². The fourth-order valence-corrected chi connectivity index (χ4v) is 2.37. The van der Waals surface area contributed by atoms with E-state index in [9.17, 15) is 4.79 Å². The van der Waals surface area contributed by atoms with E-state index in [1.54, 1.807) is 0 Å². The Balaban J connectivity index is 0.00000242. The minimum Gasteiger partial charge on any atom is -0.378 e. The molecular formula is C17H27ClN2O2. The number of rotatable bonds is 4. The fourth-order valence-electron chi connectivity index (χ4n) is 2.37. The Kier molecular flexibility index (Phi) is 7.33. The number of nitrogens with one attached hydrogen (secondary N) is 2. The molecule has 124 valence electrons. The van der Waals surface area contributed by atoms with Crippen LogP contribution in [0.3, 0.4) is 0 Å². The molecule has 0 aromatic heterocycles. The molecule has 1 fully saturated rings. The third-order valence-corrected chi connectivity index (χ3v) is 3.74. The van der Waals surface area contributed by atoms with Crippen molar-refractivity contribution in [2.45, 2.75) is 45.2 Å². The Morgan fingerprint density at radius 3 is 2.55 bits per heavy atom. The van der Waals surface area contributed by atoms with E-state index in [0.29, 0.717) is 19.6 Å². The van der Waals surface area contributed by atoms with E-state index in [1.807, 2.05) is 0 Å². The number of hydrogen-bond acceptors (Lipinski definition) is 3. The van der Waals surface area contributed by atoms with Crippen molar-refractivity contribution in [3.8, 4) is 0 Å². The zero-order valence-corrected chi connectivity index (χ0v) is 14.5. The molecule has 0 aliphatic carbocycles. The maximum atomic E-state index is 11.9. The number of benzene rings is 1. The number of hydrogen-bond donors (Lipinski definition) is 2. The van der Waals surface area contributed by atoms with Gasteiger partial charge < -0.3 is 15.4 Å². The zero-order valence-electron chi connectivity index (χ0n) is 13.6. The Morgan fingerprint density at radius 2 is 2.00 bits per heavy atom. The molecule has 1 aliphatic rings. The van der Waals surface area contributed by atoms with Gasteiger partial charge in [-0.25, -0.2) is 0 Å². The standard InChI is InChI=1S/C17H26N2O2.ClH/c1-17(2,3)14-6-4-13(5-7-14)11-19-16(20)10-15-12-21-9-8-18-15;/h4-7,15,18H,8-12H2,1-3H3,(H,19,20);1H. The summed E-state index contributed by atoms with van der Waals surface area (Å²) in [6, 6.07) is 8.59.